The average molecular weight is 522 g/mol. The number of benzene rings is 3. The van der Waals surface area contributed by atoms with Gasteiger partial charge in [0.2, 0.25) is 0 Å². The van der Waals surface area contributed by atoms with Crippen molar-refractivity contribution < 1.29 is 23.8 Å². The van der Waals surface area contributed by atoms with Crippen LogP contribution in [0.5, 0.6) is 17.2 Å². The smallest absolute Gasteiger partial charge is 0.276 e. The molecule has 2 amide bonds. The van der Waals surface area contributed by atoms with Crippen molar-refractivity contribution in [3.8, 4) is 17.2 Å². The van der Waals surface area contributed by atoms with Crippen LogP contribution in [0.15, 0.2) is 78.9 Å². The van der Waals surface area contributed by atoms with Crippen LogP contribution < -0.4 is 30.4 Å². The Morgan fingerprint density at radius 1 is 0.838 bits per heavy atom. The molecule has 0 aliphatic rings. The van der Waals surface area contributed by atoms with Crippen LogP contribution in [0.3, 0.4) is 0 Å². The summed E-state index contributed by atoms with van der Waals surface area (Å²) in [7, 11) is 0. The first-order valence-electron chi connectivity index (χ1n) is 12.0. The number of para-hydroxylation sites is 2. The minimum Gasteiger partial charge on any atom is -0.490 e. The Kier molecular flexibility index (Phi) is 10.7. The summed E-state index contributed by atoms with van der Waals surface area (Å²) in [4.78, 5) is 24.7. The predicted molar refractivity (Wildman–Crippen MR) is 146 cm³/mol. The second-order valence-corrected chi connectivity index (χ2v) is 8.54. The minimum atomic E-state index is -0.448. The van der Waals surface area contributed by atoms with Crippen molar-refractivity contribution in [1.29, 1.82) is 0 Å². The van der Waals surface area contributed by atoms with Gasteiger partial charge in [-0.15, -0.1) is 0 Å². The zero-order valence-corrected chi connectivity index (χ0v) is 21.7. The highest BCUT2D eigenvalue weighted by molar-refractivity contribution is 7.80. The molecule has 1 unspecified atom stereocenters. The Hall–Kier alpha value is -4.11. The molecule has 0 aliphatic carbocycles. The van der Waals surface area contributed by atoms with Crippen molar-refractivity contribution in [3.05, 3.63) is 90.0 Å². The molecule has 8 nitrogen and oxygen atoms in total. The van der Waals surface area contributed by atoms with Gasteiger partial charge in [-0.3, -0.25) is 25.8 Å². The Morgan fingerprint density at radius 2 is 1.51 bits per heavy atom. The molecule has 0 aromatic heterocycles. The SMILES string of the molecule is CCC(C)c1ccccc1OCC(=O)NNC(=S)NC(=O)c1cccc(OCCOc2ccccc2)c1. The molecule has 3 aromatic carbocycles. The average Bonchev–Trinajstić information content (AvgIpc) is 2.93. The van der Waals surface area contributed by atoms with E-state index in [1.54, 1.807) is 24.3 Å². The first kappa shape index (κ1) is 27.5. The van der Waals surface area contributed by atoms with E-state index in [-0.39, 0.29) is 11.7 Å². The lowest BCUT2D eigenvalue weighted by molar-refractivity contribution is -0.123. The fourth-order valence-corrected chi connectivity index (χ4v) is 3.46. The third-order valence-electron chi connectivity index (χ3n) is 5.42. The van der Waals surface area contributed by atoms with Gasteiger partial charge >= 0.3 is 0 Å². The van der Waals surface area contributed by atoms with Crippen LogP contribution in [0, 0.1) is 0 Å². The minimum absolute atomic E-state index is 0.0547. The number of ether oxygens (including phenoxy) is 3. The zero-order valence-electron chi connectivity index (χ0n) is 20.9. The molecule has 37 heavy (non-hydrogen) atoms. The van der Waals surface area contributed by atoms with Crippen molar-refractivity contribution in [2.75, 3.05) is 19.8 Å². The monoisotopic (exact) mass is 521 g/mol. The molecule has 0 heterocycles. The lowest BCUT2D eigenvalue weighted by atomic mass is 9.98. The molecule has 0 radical (unpaired) electrons. The molecular formula is C28H31N3O5S. The molecule has 0 saturated heterocycles. The van der Waals surface area contributed by atoms with Crippen LogP contribution in [-0.2, 0) is 4.79 Å². The lowest BCUT2D eigenvalue weighted by Crippen LogP contribution is -2.49. The topological polar surface area (TPSA) is 97.9 Å². The van der Waals surface area contributed by atoms with E-state index in [0.29, 0.717) is 36.2 Å². The standard InChI is InChI=1S/C28H31N3O5S/c1-3-20(2)24-14-7-8-15-25(24)36-19-26(32)30-31-28(37)29-27(33)21-10-9-13-23(18-21)35-17-16-34-22-11-5-4-6-12-22/h4-15,18,20H,3,16-17,19H2,1-2H3,(H,30,32)(H2,29,31,33,37). The van der Waals surface area contributed by atoms with E-state index in [4.69, 9.17) is 26.4 Å². The van der Waals surface area contributed by atoms with Crippen LogP contribution in [-0.4, -0.2) is 36.7 Å². The van der Waals surface area contributed by atoms with Crippen molar-refractivity contribution in [2.24, 2.45) is 0 Å². The van der Waals surface area contributed by atoms with Gasteiger partial charge in [0.1, 0.15) is 30.5 Å². The maximum Gasteiger partial charge on any atom is 0.276 e. The van der Waals surface area contributed by atoms with E-state index in [1.807, 2.05) is 54.6 Å². The lowest BCUT2D eigenvalue weighted by Gasteiger charge is -2.16. The molecule has 194 valence electrons. The summed E-state index contributed by atoms with van der Waals surface area (Å²) in [6, 6.07) is 23.7. The maximum atomic E-state index is 12.6. The van der Waals surface area contributed by atoms with E-state index in [1.165, 1.54) is 0 Å². The van der Waals surface area contributed by atoms with Gasteiger partial charge in [0.25, 0.3) is 11.8 Å². The highest BCUT2D eigenvalue weighted by Crippen LogP contribution is 2.28. The summed E-state index contributed by atoms with van der Waals surface area (Å²) in [5.74, 6) is 1.37. The summed E-state index contributed by atoms with van der Waals surface area (Å²) in [5.41, 5.74) is 6.33. The van der Waals surface area contributed by atoms with Crippen molar-refractivity contribution in [2.45, 2.75) is 26.2 Å². The number of nitrogens with one attached hydrogen (secondary N) is 3. The second-order valence-electron chi connectivity index (χ2n) is 8.13. The Labute approximate surface area is 222 Å². The number of hydrogen-bond donors (Lipinski definition) is 3. The quantitative estimate of drug-likeness (QED) is 0.196. The molecule has 0 fully saturated rings. The van der Waals surface area contributed by atoms with Crippen molar-refractivity contribution in [3.63, 3.8) is 0 Å². The fourth-order valence-electron chi connectivity index (χ4n) is 3.31. The number of carbonyl (C=O) groups is 2. The van der Waals surface area contributed by atoms with Gasteiger partial charge < -0.3 is 14.2 Å². The second kappa shape index (κ2) is 14.4. The third-order valence-corrected chi connectivity index (χ3v) is 5.63. The largest absolute Gasteiger partial charge is 0.490 e. The van der Waals surface area contributed by atoms with E-state index in [0.717, 1.165) is 17.7 Å². The number of hydrogen-bond acceptors (Lipinski definition) is 6. The van der Waals surface area contributed by atoms with Gasteiger partial charge in [-0.1, -0.05) is 56.3 Å². The molecular weight excluding hydrogens is 490 g/mol. The van der Waals surface area contributed by atoms with Crippen LogP contribution >= 0.6 is 12.2 Å². The number of amides is 2. The van der Waals surface area contributed by atoms with E-state index in [9.17, 15) is 9.59 Å². The predicted octanol–water partition coefficient (Wildman–Crippen LogP) is 4.37. The molecule has 3 N–H and O–H groups in total. The highest BCUT2D eigenvalue weighted by atomic mass is 32.1. The fraction of sp³-hybridized carbons (Fsp3) is 0.250. The first-order chi connectivity index (χ1) is 18.0. The van der Waals surface area contributed by atoms with E-state index in [2.05, 4.69) is 30.0 Å². The normalized spacial score (nSPS) is 11.1. The van der Waals surface area contributed by atoms with Gasteiger partial charge in [-0.25, -0.2) is 0 Å². The van der Waals surface area contributed by atoms with Crippen molar-refractivity contribution in [1.82, 2.24) is 16.2 Å². The summed E-state index contributed by atoms with van der Waals surface area (Å²) in [6.45, 7) is 4.67. The molecule has 0 saturated carbocycles. The molecule has 0 aliphatic heterocycles. The molecule has 3 rings (SSSR count). The van der Waals surface area contributed by atoms with E-state index < -0.39 is 11.8 Å². The maximum absolute atomic E-state index is 12.6. The summed E-state index contributed by atoms with van der Waals surface area (Å²) < 4.78 is 16.9. The van der Waals surface area contributed by atoms with E-state index >= 15 is 0 Å². The summed E-state index contributed by atoms with van der Waals surface area (Å²) >= 11 is 5.12. The molecule has 1 atom stereocenters. The van der Waals surface area contributed by atoms with Crippen LogP contribution in [0.2, 0.25) is 0 Å². The number of carbonyl (C=O) groups excluding carboxylic acids is 2. The van der Waals surface area contributed by atoms with Gasteiger partial charge in [0.15, 0.2) is 11.7 Å². The summed E-state index contributed by atoms with van der Waals surface area (Å²) in [5, 5.41) is 2.46. The van der Waals surface area contributed by atoms with Gasteiger partial charge in [-0.05, 0) is 66.5 Å². The third kappa shape index (κ3) is 9.12. The van der Waals surface area contributed by atoms with Crippen LogP contribution in [0.1, 0.15) is 42.1 Å². The first-order valence-corrected chi connectivity index (χ1v) is 12.4. The molecule has 9 heteroatoms. The number of rotatable bonds is 11. The Morgan fingerprint density at radius 3 is 2.27 bits per heavy atom. The Balaban J connectivity index is 1.39. The van der Waals surface area contributed by atoms with Crippen molar-refractivity contribution >= 4 is 29.1 Å². The molecule has 0 bridgehead atoms. The van der Waals surface area contributed by atoms with Gasteiger partial charge in [-0.2, -0.15) is 0 Å². The van der Waals surface area contributed by atoms with Crippen LogP contribution in [0.25, 0.3) is 0 Å². The molecule has 0 spiro atoms. The Bertz CT molecular complexity index is 1190. The highest BCUT2D eigenvalue weighted by Gasteiger charge is 2.12. The molecule has 3 aromatic rings. The van der Waals surface area contributed by atoms with Crippen LogP contribution in [0.4, 0.5) is 0 Å². The van der Waals surface area contributed by atoms with Gasteiger partial charge in [0, 0.05) is 5.56 Å². The number of hydrazine groups is 1. The van der Waals surface area contributed by atoms with Gasteiger partial charge in [0.05, 0.1) is 0 Å². The zero-order chi connectivity index (χ0) is 26.5. The summed E-state index contributed by atoms with van der Waals surface area (Å²) in [6.07, 6.45) is 0.958. The number of thiocarbonyl (C=S) groups is 1.